The van der Waals surface area contributed by atoms with Crippen LogP contribution in [0.4, 0.5) is 0 Å². The number of hydrogen-bond donors (Lipinski definition) is 2. The Balaban J connectivity index is 1.72. The van der Waals surface area contributed by atoms with E-state index in [-0.39, 0.29) is 12.1 Å². The Labute approximate surface area is 133 Å². The number of nitrogens with one attached hydrogen (secondary N) is 1. The van der Waals surface area contributed by atoms with E-state index in [2.05, 4.69) is 41.4 Å². The zero-order chi connectivity index (χ0) is 15.8. The highest BCUT2D eigenvalue weighted by Gasteiger charge is 2.11. The number of nitrogens with zero attached hydrogens (tertiary/aromatic N) is 1. The Morgan fingerprint density at radius 3 is 2.23 bits per heavy atom. The molecule has 118 valence electrons. The predicted molar refractivity (Wildman–Crippen MR) is 91.6 cm³/mol. The quantitative estimate of drug-likeness (QED) is 0.786. The molecule has 0 aliphatic heterocycles. The third-order valence-corrected chi connectivity index (χ3v) is 3.78. The highest BCUT2D eigenvalue weighted by atomic mass is 16.3. The Morgan fingerprint density at radius 1 is 1.00 bits per heavy atom. The van der Waals surface area contributed by atoms with Crippen molar-refractivity contribution in [3.8, 4) is 0 Å². The molecular weight excluding hydrogens is 272 g/mol. The normalized spacial score (nSPS) is 14.0. The number of rotatable bonds is 8. The largest absolute Gasteiger partial charge is 0.390 e. The lowest BCUT2D eigenvalue weighted by Gasteiger charge is -2.22. The molecular formula is C19H26N2O. The molecule has 0 saturated carbocycles. The second-order valence-electron chi connectivity index (χ2n) is 5.88. The molecule has 0 fully saturated rings. The smallest absolute Gasteiger partial charge is 0.0791 e. The van der Waals surface area contributed by atoms with Crippen LogP contribution in [0.2, 0.25) is 0 Å². The van der Waals surface area contributed by atoms with Gasteiger partial charge in [0.05, 0.1) is 6.10 Å². The minimum Gasteiger partial charge on any atom is -0.390 e. The maximum absolute atomic E-state index is 10.2. The van der Waals surface area contributed by atoms with Crippen LogP contribution in [0.3, 0.4) is 0 Å². The molecule has 0 heterocycles. The topological polar surface area (TPSA) is 35.5 Å². The SMILES string of the molecule is C[C@H](NCC(O)CN(C)Cc1ccccc1)c1ccccc1. The van der Waals surface area contributed by atoms with Gasteiger partial charge in [-0.2, -0.15) is 0 Å². The molecule has 0 bridgehead atoms. The first-order valence-electron chi connectivity index (χ1n) is 7.84. The van der Waals surface area contributed by atoms with E-state index in [0.717, 1.165) is 6.54 Å². The average Bonchev–Trinajstić information content (AvgIpc) is 2.54. The van der Waals surface area contributed by atoms with Crippen molar-refractivity contribution in [3.63, 3.8) is 0 Å². The zero-order valence-corrected chi connectivity index (χ0v) is 13.4. The van der Waals surface area contributed by atoms with Gasteiger partial charge in [-0.15, -0.1) is 0 Å². The summed E-state index contributed by atoms with van der Waals surface area (Å²) < 4.78 is 0. The Kier molecular flexibility index (Phi) is 6.59. The first-order chi connectivity index (χ1) is 10.6. The summed E-state index contributed by atoms with van der Waals surface area (Å²) in [6.45, 7) is 4.22. The molecule has 0 spiro atoms. The van der Waals surface area contributed by atoms with Gasteiger partial charge in [0.2, 0.25) is 0 Å². The van der Waals surface area contributed by atoms with Crippen LogP contribution in [0.25, 0.3) is 0 Å². The molecule has 2 rings (SSSR count). The molecule has 0 radical (unpaired) electrons. The molecule has 1 unspecified atom stereocenters. The molecule has 0 aromatic heterocycles. The fourth-order valence-electron chi connectivity index (χ4n) is 2.56. The maximum Gasteiger partial charge on any atom is 0.0791 e. The third-order valence-electron chi connectivity index (χ3n) is 3.78. The summed E-state index contributed by atoms with van der Waals surface area (Å²) in [6, 6.07) is 20.9. The maximum atomic E-state index is 10.2. The van der Waals surface area contributed by atoms with Gasteiger partial charge in [0.1, 0.15) is 0 Å². The number of aliphatic hydroxyl groups excluding tert-OH is 1. The van der Waals surface area contributed by atoms with E-state index in [4.69, 9.17) is 0 Å². The van der Waals surface area contributed by atoms with E-state index >= 15 is 0 Å². The van der Waals surface area contributed by atoms with E-state index in [1.165, 1.54) is 11.1 Å². The van der Waals surface area contributed by atoms with Crippen molar-refractivity contribution in [2.24, 2.45) is 0 Å². The molecule has 3 heteroatoms. The molecule has 0 saturated heterocycles. The molecule has 22 heavy (non-hydrogen) atoms. The molecule has 2 aromatic rings. The van der Waals surface area contributed by atoms with Gasteiger partial charge in [0, 0.05) is 25.7 Å². The van der Waals surface area contributed by atoms with Gasteiger partial charge in [-0.05, 0) is 25.1 Å². The lowest BCUT2D eigenvalue weighted by molar-refractivity contribution is 0.119. The Bertz CT molecular complexity index is 530. The van der Waals surface area contributed by atoms with Crippen LogP contribution in [-0.2, 0) is 6.54 Å². The van der Waals surface area contributed by atoms with Gasteiger partial charge < -0.3 is 10.4 Å². The van der Waals surface area contributed by atoms with Crippen molar-refractivity contribution in [1.82, 2.24) is 10.2 Å². The van der Waals surface area contributed by atoms with Crippen LogP contribution in [0.1, 0.15) is 24.1 Å². The highest BCUT2D eigenvalue weighted by Crippen LogP contribution is 2.11. The van der Waals surface area contributed by atoms with Crippen LogP contribution >= 0.6 is 0 Å². The van der Waals surface area contributed by atoms with E-state index in [1.54, 1.807) is 0 Å². The summed E-state index contributed by atoms with van der Waals surface area (Å²) in [6.07, 6.45) is -0.375. The van der Waals surface area contributed by atoms with E-state index in [9.17, 15) is 5.11 Å². The second kappa shape index (κ2) is 8.69. The van der Waals surface area contributed by atoms with Gasteiger partial charge in [-0.1, -0.05) is 60.7 Å². The van der Waals surface area contributed by atoms with Gasteiger partial charge >= 0.3 is 0 Å². The van der Waals surface area contributed by atoms with Crippen molar-refractivity contribution < 1.29 is 5.11 Å². The Hall–Kier alpha value is -1.68. The number of benzene rings is 2. The van der Waals surface area contributed by atoms with Crippen LogP contribution in [0.5, 0.6) is 0 Å². The first-order valence-corrected chi connectivity index (χ1v) is 7.84. The van der Waals surface area contributed by atoms with Crippen LogP contribution in [-0.4, -0.2) is 36.2 Å². The first kappa shape index (κ1) is 16.7. The summed E-state index contributed by atoms with van der Waals surface area (Å²) in [4.78, 5) is 2.15. The monoisotopic (exact) mass is 298 g/mol. The molecule has 2 N–H and O–H groups in total. The van der Waals surface area contributed by atoms with Crippen LogP contribution in [0, 0.1) is 0 Å². The van der Waals surface area contributed by atoms with E-state index in [1.807, 2.05) is 43.4 Å². The van der Waals surface area contributed by atoms with Gasteiger partial charge in [0.25, 0.3) is 0 Å². The summed E-state index contributed by atoms with van der Waals surface area (Å²) in [7, 11) is 2.04. The molecule has 3 nitrogen and oxygen atoms in total. The van der Waals surface area contributed by atoms with Crippen molar-refractivity contribution in [2.45, 2.75) is 25.6 Å². The van der Waals surface area contributed by atoms with Crippen LogP contribution < -0.4 is 5.32 Å². The van der Waals surface area contributed by atoms with Crippen molar-refractivity contribution in [1.29, 1.82) is 0 Å². The average molecular weight is 298 g/mol. The van der Waals surface area contributed by atoms with E-state index < -0.39 is 0 Å². The van der Waals surface area contributed by atoms with Gasteiger partial charge in [-0.25, -0.2) is 0 Å². The minimum atomic E-state index is -0.375. The third kappa shape index (κ3) is 5.60. The molecule has 0 amide bonds. The Morgan fingerprint density at radius 2 is 1.59 bits per heavy atom. The molecule has 0 aliphatic carbocycles. The minimum absolute atomic E-state index is 0.246. The van der Waals surface area contributed by atoms with Crippen molar-refractivity contribution in [2.75, 3.05) is 20.1 Å². The summed E-state index contributed by atoms with van der Waals surface area (Å²) >= 11 is 0. The highest BCUT2D eigenvalue weighted by molar-refractivity contribution is 5.18. The van der Waals surface area contributed by atoms with Crippen molar-refractivity contribution in [3.05, 3.63) is 71.8 Å². The lowest BCUT2D eigenvalue weighted by Crippen LogP contribution is -2.37. The molecule has 2 atom stereocenters. The number of likely N-dealkylation sites (N-methyl/N-ethyl adjacent to an activating group) is 1. The molecule has 0 aliphatic rings. The van der Waals surface area contributed by atoms with Gasteiger partial charge in [0.15, 0.2) is 0 Å². The molecule has 2 aromatic carbocycles. The fraction of sp³-hybridized carbons (Fsp3) is 0.368. The lowest BCUT2D eigenvalue weighted by atomic mass is 10.1. The van der Waals surface area contributed by atoms with Crippen LogP contribution in [0.15, 0.2) is 60.7 Å². The zero-order valence-electron chi connectivity index (χ0n) is 13.4. The number of aliphatic hydroxyl groups is 1. The van der Waals surface area contributed by atoms with E-state index in [0.29, 0.717) is 13.1 Å². The standard InChI is InChI=1S/C19H26N2O/c1-16(18-11-7-4-8-12-18)20-13-19(22)15-21(2)14-17-9-5-3-6-10-17/h3-12,16,19-20,22H,13-15H2,1-2H3/t16-,19?/m0/s1. The predicted octanol–water partition coefficient (Wildman–Crippen LogP) is 2.83. The number of hydrogen-bond acceptors (Lipinski definition) is 3. The summed E-state index contributed by atoms with van der Waals surface area (Å²) in [5.41, 5.74) is 2.51. The second-order valence-corrected chi connectivity index (χ2v) is 5.88. The van der Waals surface area contributed by atoms with Crippen molar-refractivity contribution >= 4 is 0 Å². The summed E-state index contributed by atoms with van der Waals surface area (Å²) in [5.74, 6) is 0. The van der Waals surface area contributed by atoms with Gasteiger partial charge in [-0.3, -0.25) is 4.90 Å². The summed E-state index contributed by atoms with van der Waals surface area (Å²) in [5, 5.41) is 13.6. The fourth-order valence-corrected chi connectivity index (χ4v) is 2.56.